The van der Waals surface area contributed by atoms with Crippen LogP contribution in [0.2, 0.25) is 0 Å². The Morgan fingerprint density at radius 3 is 2.56 bits per heavy atom. The van der Waals surface area contributed by atoms with Crippen molar-refractivity contribution in [1.29, 1.82) is 0 Å². The molecule has 0 heterocycles. The van der Waals surface area contributed by atoms with Gasteiger partial charge in [0.25, 0.3) is 0 Å². The minimum absolute atomic E-state index is 0.127. The van der Waals surface area contributed by atoms with Gasteiger partial charge in [0.2, 0.25) is 5.91 Å². The number of benzene rings is 1. The first-order valence-electron chi connectivity index (χ1n) is 4.51. The summed E-state index contributed by atoms with van der Waals surface area (Å²) < 4.78 is 37.6. The van der Waals surface area contributed by atoms with Crippen LogP contribution in [0.1, 0.15) is 18.9 Å². The molecule has 0 bridgehead atoms. The third-order valence-corrected chi connectivity index (χ3v) is 2.58. The molecule has 1 amide bonds. The summed E-state index contributed by atoms with van der Waals surface area (Å²) in [6.45, 7) is 1.62. The standard InChI is InChI=1S/C10H9BrF3NO/c1-2-9(16)15-8-5-6(10(12,13)14)3-4-7(8)11/h3-5H,2H2,1H3,(H,15,16). The number of nitrogens with one attached hydrogen (secondary N) is 1. The van der Waals surface area contributed by atoms with E-state index in [4.69, 9.17) is 0 Å². The molecule has 0 aliphatic heterocycles. The molecule has 0 unspecified atom stereocenters. The number of amides is 1. The van der Waals surface area contributed by atoms with Crippen LogP contribution in [0, 0.1) is 0 Å². The maximum absolute atomic E-state index is 12.4. The first kappa shape index (κ1) is 13.0. The van der Waals surface area contributed by atoms with Crippen molar-refractivity contribution in [3.05, 3.63) is 28.2 Å². The van der Waals surface area contributed by atoms with Crippen molar-refractivity contribution >= 4 is 27.5 Å². The van der Waals surface area contributed by atoms with Crippen molar-refractivity contribution in [3.8, 4) is 0 Å². The minimum Gasteiger partial charge on any atom is -0.325 e. The zero-order chi connectivity index (χ0) is 12.3. The van der Waals surface area contributed by atoms with Gasteiger partial charge in [-0.25, -0.2) is 0 Å². The van der Waals surface area contributed by atoms with Crippen LogP contribution in [0.15, 0.2) is 22.7 Å². The van der Waals surface area contributed by atoms with Crippen LogP contribution in [0.25, 0.3) is 0 Å². The summed E-state index contributed by atoms with van der Waals surface area (Å²) in [6.07, 6.45) is -4.20. The van der Waals surface area contributed by atoms with Gasteiger partial charge in [-0.3, -0.25) is 4.79 Å². The smallest absolute Gasteiger partial charge is 0.325 e. The Labute approximate surface area is 99.0 Å². The largest absolute Gasteiger partial charge is 0.416 e. The number of carbonyl (C=O) groups is 1. The van der Waals surface area contributed by atoms with Crippen LogP contribution in [-0.4, -0.2) is 5.91 Å². The van der Waals surface area contributed by atoms with Gasteiger partial charge >= 0.3 is 6.18 Å². The quantitative estimate of drug-likeness (QED) is 0.883. The molecule has 0 aliphatic carbocycles. The van der Waals surface area contributed by atoms with Crippen molar-refractivity contribution in [2.45, 2.75) is 19.5 Å². The maximum atomic E-state index is 12.4. The Bertz CT molecular complexity index is 404. The third-order valence-electron chi connectivity index (χ3n) is 1.89. The molecule has 0 saturated carbocycles. The number of alkyl halides is 3. The zero-order valence-electron chi connectivity index (χ0n) is 8.36. The average molecular weight is 296 g/mol. The molecule has 1 aromatic rings. The Morgan fingerprint density at radius 2 is 2.06 bits per heavy atom. The number of anilines is 1. The fourth-order valence-electron chi connectivity index (χ4n) is 1.04. The summed E-state index contributed by atoms with van der Waals surface area (Å²) in [4.78, 5) is 11.1. The number of rotatable bonds is 2. The molecule has 0 radical (unpaired) electrons. The van der Waals surface area contributed by atoms with Crippen LogP contribution in [-0.2, 0) is 11.0 Å². The van der Waals surface area contributed by atoms with Gasteiger partial charge in [-0.1, -0.05) is 6.92 Å². The number of hydrogen-bond acceptors (Lipinski definition) is 1. The fourth-order valence-corrected chi connectivity index (χ4v) is 1.38. The van der Waals surface area contributed by atoms with Crippen molar-refractivity contribution in [2.24, 2.45) is 0 Å². The highest BCUT2D eigenvalue weighted by Crippen LogP contribution is 2.33. The Hall–Kier alpha value is -1.04. The lowest BCUT2D eigenvalue weighted by Crippen LogP contribution is -2.12. The van der Waals surface area contributed by atoms with Gasteiger partial charge in [-0.05, 0) is 34.1 Å². The SMILES string of the molecule is CCC(=O)Nc1cc(C(F)(F)F)ccc1Br. The topological polar surface area (TPSA) is 29.1 Å². The number of carbonyl (C=O) groups excluding carboxylic acids is 1. The van der Waals surface area contributed by atoms with Crippen molar-refractivity contribution in [2.75, 3.05) is 5.32 Å². The number of halogens is 4. The van der Waals surface area contributed by atoms with E-state index in [9.17, 15) is 18.0 Å². The van der Waals surface area contributed by atoms with Gasteiger partial charge in [0, 0.05) is 10.9 Å². The number of hydrogen-bond donors (Lipinski definition) is 1. The lowest BCUT2D eigenvalue weighted by atomic mass is 10.2. The van der Waals surface area contributed by atoms with E-state index in [0.29, 0.717) is 4.47 Å². The molecular formula is C10H9BrF3NO. The molecule has 2 nitrogen and oxygen atoms in total. The molecule has 1 aromatic carbocycles. The van der Waals surface area contributed by atoms with Gasteiger partial charge in [0.05, 0.1) is 11.3 Å². The molecule has 16 heavy (non-hydrogen) atoms. The molecule has 0 atom stereocenters. The van der Waals surface area contributed by atoms with E-state index in [1.54, 1.807) is 6.92 Å². The molecule has 6 heteroatoms. The monoisotopic (exact) mass is 295 g/mol. The predicted molar refractivity (Wildman–Crippen MR) is 58.1 cm³/mol. The highest BCUT2D eigenvalue weighted by Gasteiger charge is 2.30. The van der Waals surface area contributed by atoms with E-state index in [0.717, 1.165) is 12.1 Å². The lowest BCUT2D eigenvalue weighted by Gasteiger charge is -2.11. The van der Waals surface area contributed by atoms with Crippen molar-refractivity contribution in [1.82, 2.24) is 0 Å². The molecular weight excluding hydrogens is 287 g/mol. The summed E-state index contributed by atoms with van der Waals surface area (Å²) >= 11 is 3.07. The summed E-state index contributed by atoms with van der Waals surface area (Å²) in [5.74, 6) is -0.333. The summed E-state index contributed by atoms with van der Waals surface area (Å²) in [7, 11) is 0. The van der Waals surface area contributed by atoms with Crippen LogP contribution in [0.5, 0.6) is 0 Å². The van der Waals surface area contributed by atoms with Crippen LogP contribution in [0.3, 0.4) is 0 Å². The normalized spacial score (nSPS) is 11.3. The van der Waals surface area contributed by atoms with Crippen LogP contribution >= 0.6 is 15.9 Å². The van der Waals surface area contributed by atoms with E-state index in [1.807, 2.05) is 0 Å². The van der Waals surface area contributed by atoms with E-state index < -0.39 is 11.7 Å². The molecule has 0 fully saturated rings. The van der Waals surface area contributed by atoms with Crippen molar-refractivity contribution < 1.29 is 18.0 Å². The summed E-state index contributed by atoms with van der Waals surface area (Å²) in [5, 5.41) is 2.39. The van der Waals surface area contributed by atoms with Gasteiger partial charge in [0.15, 0.2) is 0 Å². The highest BCUT2D eigenvalue weighted by atomic mass is 79.9. The summed E-state index contributed by atoms with van der Waals surface area (Å²) in [5.41, 5.74) is -0.663. The second kappa shape index (κ2) is 4.86. The van der Waals surface area contributed by atoms with Gasteiger partial charge in [-0.2, -0.15) is 13.2 Å². The molecule has 1 N–H and O–H groups in total. The second-order valence-electron chi connectivity index (χ2n) is 3.09. The van der Waals surface area contributed by atoms with Crippen LogP contribution in [0.4, 0.5) is 18.9 Å². The Kier molecular flexibility index (Phi) is 3.96. The summed E-state index contributed by atoms with van der Waals surface area (Å²) in [6, 6.07) is 3.11. The van der Waals surface area contributed by atoms with E-state index in [2.05, 4.69) is 21.2 Å². The maximum Gasteiger partial charge on any atom is 0.416 e. The zero-order valence-corrected chi connectivity index (χ0v) is 9.95. The first-order valence-corrected chi connectivity index (χ1v) is 5.30. The van der Waals surface area contributed by atoms with Crippen LogP contribution < -0.4 is 5.32 Å². The minimum atomic E-state index is -4.41. The lowest BCUT2D eigenvalue weighted by molar-refractivity contribution is -0.137. The second-order valence-corrected chi connectivity index (χ2v) is 3.95. The fraction of sp³-hybridized carbons (Fsp3) is 0.300. The predicted octanol–water partition coefficient (Wildman–Crippen LogP) is 3.82. The molecule has 1 rings (SSSR count). The molecule has 0 aliphatic rings. The van der Waals surface area contributed by atoms with E-state index in [1.165, 1.54) is 6.07 Å². The van der Waals surface area contributed by atoms with Crippen molar-refractivity contribution in [3.63, 3.8) is 0 Å². The molecule has 0 spiro atoms. The molecule has 0 aromatic heterocycles. The average Bonchev–Trinajstić information content (AvgIpc) is 2.19. The first-order chi connectivity index (χ1) is 7.34. The van der Waals surface area contributed by atoms with Gasteiger partial charge in [-0.15, -0.1) is 0 Å². The third kappa shape index (κ3) is 3.23. The Balaban J connectivity index is 3.04. The van der Waals surface area contributed by atoms with E-state index in [-0.39, 0.29) is 18.0 Å². The molecule has 0 saturated heterocycles. The van der Waals surface area contributed by atoms with Gasteiger partial charge < -0.3 is 5.32 Å². The molecule has 88 valence electrons. The van der Waals surface area contributed by atoms with Gasteiger partial charge in [0.1, 0.15) is 0 Å². The highest BCUT2D eigenvalue weighted by molar-refractivity contribution is 9.10. The Morgan fingerprint density at radius 1 is 1.44 bits per heavy atom. The van der Waals surface area contributed by atoms with E-state index >= 15 is 0 Å².